The zero-order chi connectivity index (χ0) is 13.4. The summed E-state index contributed by atoms with van der Waals surface area (Å²) in [7, 11) is 0. The summed E-state index contributed by atoms with van der Waals surface area (Å²) in [5.41, 5.74) is 0.541. The molecule has 1 unspecified atom stereocenters. The van der Waals surface area contributed by atoms with Gasteiger partial charge in [0, 0.05) is 11.1 Å². The molecule has 0 aliphatic heterocycles. The van der Waals surface area contributed by atoms with Crippen LogP contribution in [0, 0.1) is 11.3 Å². The number of nitriles is 1. The minimum atomic E-state index is 0.118. The van der Waals surface area contributed by atoms with E-state index in [9.17, 15) is 0 Å². The van der Waals surface area contributed by atoms with Crippen LogP contribution in [0.5, 0.6) is 5.75 Å². The standard InChI is InChI=1S/C15H20ClNO/c1-3-4-5-6-7-12(2)18-15-10-14(16)9-8-13(15)11-17/h8-10,12H,3-7H2,1-2H3. The lowest BCUT2D eigenvalue weighted by atomic mass is 10.1. The fraction of sp³-hybridized carbons (Fsp3) is 0.533. The first kappa shape index (κ1) is 14.9. The predicted molar refractivity (Wildman–Crippen MR) is 75.0 cm³/mol. The highest BCUT2D eigenvalue weighted by Gasteiger charge is 2.09. The Balaban J connectivity index is 2.51. The van der Waals surface area contributed by atoms with Crippen LogP contribution in [0.25, 0.3) is 0 Å². The molecule has 3 heteroatoms. The summed E-state index contributed by atoms with van der Waals surface area (Å²) in [5.74, 6) is 0.591. The lowest BCUT2D eigenvalue weighted by Crippen LogP contribution is -2.12. The molecule has 98 valence electrons. The first-order chi connectivity index (χ1) is 8.67. The summed E-state index contributed by atoms with van der Waals surface area (Å²) in [5, 5.41) is 9.59. The molecule has 1 atom stereocenters. The molecule has 0 aliphatic carbocycles. The van der Waals surface area contributed by atoms with Gasteiger partial charge in [0.25, 0.3) is 0 Å². The molecule has 1 aromatic rings. The van der Waals surface area contributed by atoms with Gasteiger partial charge in [-0.3, -0.25) is 0 Å². The molecular formula is C15H20ClNO. The fourth-order valence-corrected chi connectivity index (χ4v) is 1.98. The van der Waals surface area contributed by atoms with Crippen LogP contribution in [-0.4, -0.2) is 6.10 Å². The van der Waals surface area contributed by atoms with Crippen LogP contribution in [0.3, 0.4) is 0 Å². The fourth-order valence-electron chi connectivity index (χ4n) is 1.82. The number of benzene rings is 1. The third-order valence-corrected chi connectivity index (χ3v) is 3.09. The van der Waals surface area contributed by atoms with Crippen molar-refractivity contribution in [2.45, 2.75) is 52.1 Å². The van der Waals surface area contributed by atoms with Crippen molar-refractivity contribution in [3.05, 3.63) is 28.8 Å². The van der Waals surface area contributed by atoms with E-state index >= 15 is 0 Å². The van der Waals surface area contributed by atoms with Crippen LogP contribution < -0.4 is 4.74 Å². The Morgan fingerprint density at radius 3 is 2.78 bits per heavy atom. The van der Waals surface area contributed by atoms with Crippen molar-refractivity contribution < 1.29 is 4.74 Å². The number of hydrogen-bond acceptors (Lipinski definition) is 2. The van der Waals surface area contributed by atoms with Crippen molar-refractivity contribution in [1.29, 1.82) is 5.26 Å². The molecule has 0 saturated heterocycles. The van der Waals surface area contributed by atoms with Gasteiger partial charge in [-0.15, -0.1) is 0 Å². The maximum Gasteiger partial charge on any atom is 0.138 e. The van der Waals surface area contributed by atoms with Gasteiger partial charge in [0.2, 0.25) is 0 Å². The van der Waals surface area contributed by atoms with Gasteiger partial charge in [-0.05, 0) is 31.9 Å². The van der Waals surface area contributed by atoms with Crippen LogP contribution in [0.2, 0.25) is 5.02 Å². The van der Waals surface area contributed by atoms with E-state index in [0.717, 1.165) is 12.8 Å². The van der Waals surface area contributed by atoms with Gasteiger partial charge in [-0.1, -0.05) is 37.8 Å². The topological polar surface area (TPSA) is 33.0 Å². The highest BCUT2D eigenvalue weighted by Crippen LogP contribution is 2.24. The van der Waals surface area contributed by atoms with Crippen molar-refractivity contribution in [3.63, 3.8) is 0 Å². The normalized spacial score (nSPS) is 11.9. The molecule has 1 aromatic carbocycles. The molecule has 0 aromatic heterocycles. The highest BCUT2D eigenvalue weighted by molar-refractivity contribution is 6.30. The minimum Gasteiger partial charge on any atom is -0.489 e. The summed E-state index contributed by atoms with van der Waals surface area (Å²) in [6.07, 6.45) is 6.04. The molecule has 0 bridgehead atoms. The second kappa shape index (κ2) is 8.00. The third kappa shape index (κ3) is 4.98. The zero-order valence-electron chi connectivity index (χ0n) is 11.1. The van der Waals surface area contributed by atoms with Crippen molar-refractivity contribution in [3.8, 4) is 11.8 Å². The number of rotatable bonds is 7. The van der Waals surface area contributed by atoms with Crippen LogP contribution >= 0.6 is 11.6 Å². The summed E-state index contributed by atoms with van der Waals surface area (Å²) >= 11 is 5.91. The molecule has 0 N–H and O–H groups in total. The molecule has 0 aliphatic rings. The van der Waals surface area contributed by atoms with Crippen molar-refractivity contribution in [1.82, 2.24) is 0 Å². The molecule has 1 rings (SSSR count). The molecule has 0 fully saturated rings. The third-order valence-electron chi connectivity index (χ3n) is 2.86. The molecule has 18 heavy (non-hydrogen) atoms. The SMILES string of the molecule is CCCCCCC(C)Oc1cc(Cl)ccc1C#N. The van der Waals surface area contributed by atoms with Crippen LogP contribution in [0.1, 0.15) is 51.5 Å². The second-order valence-electron chi connectivity index (χ2n) is 4.53. The maximum atomic E-state index is 9.00. The molecular weight excluding hydrogens is 246 g/mol. The maximum absolute atomic E-state index is 9.00. The average molecular weight is 266 g/mol. The highest BCUT2D eigenvalue weighted by atomic mass is 35.5. The number of nitrogens with zero attached hydrogens (tertiary/aromatic N) is 1. The molecule has 0 heterocycles. The molecule has 0 radical (unpaired) electrons. The van der Waals surface area contributed by atoms with Crippen LogP contribution in [0.4, 0.5) is 0 Å². The molecule has 0 saturated carbocycles. The number of ether oxygens (including phenoxy) is 1. The van der Waals surface area contributed by atoms with Crippen LogP contribution in [0.15, 0.2) is 18.2 Å². The number of hydrogen-bond donors (Lipinski definition) is 0. The number of unbranched alkanes of at least 4 members (excludes halogenated alkanes) is 3. The Kier molecular flexibility index (Phi) is 6.60. The largest absolute Gasteiger partial charge is 0.489 e. The first-order valence-electron chi connectivity index (χ1n) is 6.53. The van der Waals surface area contributed by atoms with Crippen LogP contribution in [-0.2, 0) is 0 Å². The predicted octanol–water partition coefficient (Wildman–Crippen LogP) is 4.95. The lowest BCUT2D eigenvalue weighted by molar-refractivity contribution is 0.206. The van der Waals surface area contributed by atoms with Gasteiger partial charge in [-0.25, -0.2) is 0 Å². The molecule has 0 spiro atoms. The molecule has 0 amide bonds. The van der Waals surface area contributed by atoms with E-state index < -0.39 is 0 Å². The Morgan fingerprint density at radius 2 is 2.11 bits per heavy atom. The van der Waals surface area contributed by atoms with E-state index in [1.807, 2.05) is 6.92 Å². The van der Waals surface area contributed by atoms with E-state index in [1.165, 1.54) is 19.3 Å². The van der Waals surface area contributed by atoms with Gasteiger partial charge in [0.05, 0.1) is 11.7 Å². The smallest absolute Gasteiger partial charge is 0.138 e. The Bertz CT molecular complexity index is 411. The average Bonchev–Trinajstić information content (AvgIpc) is 2.35. The quantitative estimate of drug-likeness (QED) is 0.654. The van der Waals surface area contributed by atoms with Gasteiger partial charge >= 0.3 is 0 Å². The van der Waals surface area contributed by atoms with Crippen molar-refractivity contribution in [2.75, 3.05) is 0 Å². The van der Waals surface area contributed by atoms with E-state index in [-0.39, 0.29) is 6.10 Å². The van der Waals surface area contributed by atoms with Gasteiger partial charge in [0.1, 0.15) is 11.8 Å². The van der Waals surface area contributed by atoms with E-state index in [2.05, 4.69) is 13.0 Å². The summed E-state index contributed by atoms with van der Waals surface area (Å²) in [6.45, 7) is 4.24. The van der Waals surface area contributed by atoms with E-state index in [0.29, 0.717) is 16.3 Å². The van der Waals surface area contributed by atoms with Crippen molar-refractivity contribution >= 4 is 11.6 Å². The monoisotopic (exact) mass is 265 g/mol. The van der Waals surface area contributed by atoms with E-state index in [1.54, 1.807) is 18.2 Å². The summed E-state index contributed by atoms with van der Waals surface area (Å²) in [4.78, 5) is 0. The lowest BCUT2D eigenvalue weighted by Gasteiger charge is -2.15. The zero-order valence-corrected chi connectivity index (χ0v) is 11.8. The van der Waals surface area contributed by atoms with Gasteiger partial charge in [-0.2, -0.15) is 5.26 Å². The Morgan fingerprint density at radius 1 is 1.33 bits per heavy atom. The first-order valence-corrected chi connectivity index (χ1v) is 6.91. The number of halogens is 1. The van der Waals surface area contributed by atoms with Crippen molar-refractivity contribution in [2.24, 2.45) is 0 Å². The minimum absolute atomic E-state index is 0.118. The second-order valence-corrected chi connectivity index (χ2v) is 4.97. The molecule has 2 nitrogen and oxygen atoms in total. The summed E-state index contributed by atoms with van der Waals surface area (Å²) in [6, 6.07) is 7.23. The van der Waals surface area contributed by atoms with E-state index in [4.69, 9.17) is 21.6 Å². The van der Waals surface area contributed by atoms with Gasteiger partial charge < -0.3 is 4.74 Å². The van der Waals surface area contributed by atoms with Gasteiger partial charge in [0.15, 0.2) is 0 Å². The Labute approximate surface area is 115 Å². The Hall–Kier alpha value is -1.20. The summed E-state index contributed by atoms with van der Waals surface area (Å²) < 4.78 is 5.79.